The molecule has 0 unspecified atom stereocenters. The number of nitrogens with zero attached hydrogens (tertiary/aromatic N) is 6. The minimum Gasteiger partial charge on any atom is -0.281 e. The highest BCUT2D eigenvalue weighted by atomic mass is 15.1. The van der Waals surface area contributed by atoms with Gasteiger partial charge in [0.15, 0.2) is 0 Å². The van der Waals surface area contributed by atoms with Gasteiger partial charge in [0, 0.05) is 24.3 Å². The molecule has 0 atom stereocenters. The van der Waals surface area contributed by atoms with Gasteiger partial charge in [-0.25, -0.2) is 15.0 Å². The molecule has 27 heavy (non-hydrogen) atoms. The van der Waals surface area contributed by atoms with Crippen molar-refractivity contribution >= 4 is 16.8 Å². The molecule has 0 saturated heterocycles. The smallest absolute Gasteiger partial charge is 0.234 e. The first-order valence-corrected chi connectivity index (χ1v) is 8.70. The van der Waals surface area contributed by atoms with Crippen molar-refractivity contribution < 1.29 is 0 Å². The van der Waals surface area contributed by atoms with Crippen LogP contribution >= 0.6 is 0 Å². The van der Waals surface area contributed by atoms with Gasteiger partial charge in [0.2, 0.25) is 5.78 Å². The zero-order chi connectivity index (χ0) is 18.4. The lowest BCUT2D eigenvalue weighted by atomic mass is 10.1. The molecule has 0 amide bonds. The average Bonchev–Trinajstić information content (AvgIpc) is 3.07. The normalized spacial score (nSPS) is 11.3. The Balaban J connectivity index is 1.83. The molecule has 0 aliphatic carbocycles. The second-order valence-corrected chi connectivity index (χ2v) is 6.51. The number of pyridine rings is 3. The molecule has 6 nitrogen and oxygen atoms in total. The van der Waals surface area contributed by atoms with E-state index in [9.17, 15) is 0 Å². The molecule has 0 aliphatic heterocycles. The Bertz CT molecular complexity index is 1300. The van der Waals surface area contributed by atoms with Gasteiger partial charge in [-0.3, -0.25) is 14.4 Å². The Kier molecular flexibility index (Phi) is 3.43. The quantitative estimate of drug-likeness (QED) is 0.480. The standard InChI is InChI=1S/C21H16N6/c1-13-11-18-15(23-12-13)7-8-17(25-18)20-19(16-6-3-5-14(2)24-16)26-21-22-9-4-10-27(20)21/h3-12H,1-2H3. The fraction of sp³-hybridized carbons (Fsp3) is 0.0952. The van der Waals surface area contributed by atoms with E-state index in [1.165, 1.54) is 0 Å². The molecule has 0 fully saturated rings. The summed E-state index contributed by atoms with van der Waals surface area (Å²) in [4.78, 5) is 23.1. The summed E-state index contributed by atoms with van der Waals surface area (Å²) in [6, 6.07) is 13.8. The zero-order valence-corrected chi connectivity index (χ0v) is 15.0. The summed E-state index contributed by atoms with van der Waals surface area (Å²) >= 11 is 0. The largest absolute Gasteiger partial charge is 0.281 e. The molecular formula is C21H16N6. The third-order valence-electron chi connectivity index (χ3n) is 4.45. The second kappa shape index (κ2) is 5.95. The summed E-state index contributed by atoms with van der Waals surface area (Å²) in [5.41, 5.74) is 7.00. The van der Waals surface area contributed by atoms with Crippen LogP contribution in [0.1, 0.15) is 11.3 Å². The van der Waals surface area contributed by atoms with Crippen molar-refractivity contribution in [3.63, 3.8) is 0 Å². The molecule has 0 radical (unpaired) electrons. The molecule has 5 aromatic rings. The first-order chi connectivity index (χ1) is 13.2. The van der Waals surface area contributed by atoms with Gasteiger partial charge in [0.1, 0.15) is 11.4 Å². The molecule has 0 aromatic carbocycles. The number of hydrogen-bond donors (Lipinski definition) is 0. The molecule has 0 aliphatic rings. The van der Waals surface area contributed by atoms with Crippen LogP contribution in [-0.2, 0) is 0 Å². The minimum atomic E-state index is 0.620. The lowest BCUT2D eigenvalue weighted by Crippen LogP contribution is -1.95. The highest BCUT2D eigenvalue weighted by Gasteiger charge is 2.19. The van der Waals surface area contributed by atoms with Gasteiger partial charge in [0.05, 0.1) is 22.4 Å². The van der Waals surface area contributed by atoms with E-state index in [1.807, 2.05) is 73.1 Å². The van der Waals surface area contributed by atoms with Crippen molar-refractivity contribution in [2.24, 2.45) is 0 Å². The van der Waals surface area contributed by atoms with E-state index in [4.69, 9.17) is 9.97 Å². The summed E-state index contributed by atoms with van der Waals surface area (Å²) in [6.07, 6.45) is 5.54. The topological polar surface area (TPSA) is 68.9 Å². The average molecular weight is 352 g/mol. The molecule has 0 saturated carbocycles. The van der Waals surface area contributed by atoms with Crippen LogP contribution in [0.4, 0.5) is 0 Å². The first-order valence-electron chi connectivity index (χ1n) is 8.70. The van der Waals surface area contributed by atoms with Crippen LogP contribution in [0.3, 0.4) is 0 Å². The summed E-state index contributed by atoms with van der Waals surface area (Å²) in [5, 5.41) is 0. The number of rotatable bonds is 2. The fourth-order valence-corrected chi connectivity index (χ4v) is 3.22. The SMILES string of the molecule is Cc1cnc2ccc(-c3c(-c4cccc(C)n4)nc4ncccn34)nc2c1. The summed E-state index contributed by atoms with van der Waals surface area (Å²) in [6.45, 7) is 3.99. The van der Waals surface area contributed by atoms with E-state index in [-0.39, 0.29) is 0 Å². The third-order valence-corrected chi connectivity index (χ3v) is 4.45. The van der Waals surface area contributed by atoms with Crippen molar-refractivity contribution in [2.75, 3.05) is 0 Å². The first kappa shape index (κ1) is 15.6. The number of hydrogen-bond acceptors (Lipinski definition) is 5. The van der Waals surface area contributed by atoms with E-state index in [2.05, 4.69) is 15.0 Å². The van der Waals surface area contributed by atoms with Gasteiger partial charge >= 0.3 is 0 Å². The Morgan fingerprint density at radius 1 is 0.815 bits per heavy atom. The maximum atomic E-state index is 4.86. The van der Waals surface area contributed by atoms with Gasteiger partial charge in [-0.15, -0.1) is 0 Å². The van der Waals surface area contributed by atoms with Crippen molar-refractivity contribution in [3.05, 3.63) is 72.3 Å². The molecule has 130 valence electrons. The van der Waals surface area contributed by atoms with E-state index >= 15 is 0 Å². The van der Waals surface area contributed by atoms with Crippen LogP contribution < -0.4 is 0 Å². The minimum absolute atomic E-state index is 0.620. The second-order valence-electron chi connectivity index (χ2n) is 6.51. The van der Waals surface area contributed by atoms with Crippen molar-refractivity contribution in [1.82, 2.24) is 29.3 Å². The fourth-order valence-electron chi connectivity index (χ4n) is 3.22. The molecular weight excluding hydrogens is 336 g/mol. The molecule has 0 N–H and O–H groups in total. The highest BCUT2D eigenvalue weighted by molar-refractivity contribution is 5.83. The molecule has 5 heterocycles. The number of fused-ring (bicyclic) bond motifs is 2. The van der Waals surface area contributed by atoms with Gasteiger partial charge in [-0.2, -0.15) is 0 Å². The van der Waals surface area contributed by atoms with E-state index < -0.39 is 0 Å². The Hall–Kier alpha value is -3.67. The third kappa shape index (κ3) is 2.62. The Labute approximate surface area is 155 Å². The number of aromatic nitrogens is 6. The van der Waals surface area contributed by atoms with Crippen LogP contribution in [-0.4, -0.2) is 29.3 Å². The van der Waals surface area contributed by atoms with Crippen LogP contribution in [0.25, 0.3) is 39.6 Å². The number of imidazole rings is 1. The predicted octanol–water partition coefficient (Wildman–Crippen LogP) is 4.02. The van der Waals surface area contributed by atoms with Crippen LogP contribution in [0.2, 0.25) is 0 Å². The summed E-state index contributed by atoms with van der Waals surface area (Å²) in [7, 11) is 0. The Morgan fingerprint density at radius 2 is 1.74 bits per heavy atom. The molecule has 6 heteroatoms. The maximum absolute atomic E-state index is 4.86. The van der Waals surface area contributed by atoms with Crippen LogP contribution in [0, 0.1) is 13.8 Å². The van der Waals surface area contributed by atoms with Gasteiger partial charge < -0.3 is 0 Å². The van der Waals surface area contributed by atoms with E-state index in [0.29, 0.717) is 5.78 Å². The molecule has 0 bridgehead atoms. The van der Waals surface area contributed by atoms with Crippen molar-refractivity contribution in [3.8, 4) is 22.8 Å². The molecule has 5 aromatic heterocycles. The van der Waals surface area contributed by atoms with E-state index in [1.54, 1.807) is 6.20 Å². The highest BCUT2D eigenvalue weighted by Crippen LogP contribution is 2.31. The summed E-state index contributed by atoms with van der Waals surface area (Å²) in [5.74, 6) is 0.620. The van der Waals surface area contributed by atoms with Gasteiger partial charge in [-0.1, -0.05) is 6.07 Å². The maximum Gasteiger partial charge on any atom is 0.234 e. The zero-order valence-electron chi connectivity index (χ0n) is 15.0. The van der Waals surface area contributed by atoms with Crippen molar-refractivity contribution in [2.45, 2.75) is 13.8 Å². The molecule has 5 rings (SSSR count). The van der Waals surface area contributed by atoms with E-state index in [0.717, 1.165) is 45.1 Å². The molecule has 0 spiro atoms. The lowest BCUT2D eigenvalue weighted by Gasteiger charge is -2.06. The van der Waals surface area contributed by atoms with Gasteiger partial charge in [0.25, 0.3) is 0 Å². The lowest BCUT2D eigenvalue weighted by molar-refractivity contribution is 1.10. The van der Waals surface area contributed by atoms with Gasteiger partial charge in [-0.05, 0) is 55.8 Å². The van der Waals surface area contributed by atoms with Crippen LogP contribution in [0.15, 0.2) is 61.1 Å². The van der Waals surface area contributed by atoms with Crippen molar-refractivity contribution in [1.29, 1.82) is 0 Å². The number of aryl methyl sites for hydroxylation is 2. The monoisotopic (exact) mass is 352 g/mol. The van der Waals surface area contributed by atoms with Crippen LogP contribution in [0.5, 0.6) is 0 Å². The predicted molar refractivity (Wildman–Crippen MR) is 104 cm³/mol. The summed E-state index contributed by atoms with van der Waals surface area (Å²) < 4.78 is 1.96. The Morgan fingerprint density at radius 3 is 2.63 bits per heavy atom.